The molecule has 2 aromatic rings. The molecule has 0 heterocycles. The average Bonchev–Trinajstić information content (AvgIpc) is 2.52. The third kappa shape index (κ3) is 5.24. The van der Waals surface area contributed by atoms with E-state index in [0.29, 0.717) is 11.3 Å². The molecule has 120 valence electrons. The molecule has 0 aliphatic rings. The van der Waals surface area contributed by atoms with Gasteiger partial charge in [-0.1, -0.05) is 6.07 Å². The number of rotatable bonds is 5. The van der Waals surface area contributed by atoms with Crippen molar-refractivity contribution in [3.8, 4) is 11.5 Å². The lowest BCUT2D eigenvalue weighted by molar-refractivity contribution is -0.123. The number of phenols is 1. The number of nitrogens with one attached hydrogen (secondary N) is 1. The lowest BCUT2D eigenvalue weighted by Crippen LogP contribution is -2.24. The zero-order valence-electron chi connectivity index (χ0n) is 12.8. The van der Waals surface area contributed by atoms with Gasteiger partial charge in [0.05, 0.1) is 6.21 Å². The summed E-state index contributed by atoms with van der Waals surface area (Å²) in [6.07, 6.45) is 1.39. The van der Waals surface area contributed by atoms with E-state index >= 15 is 0 Å². The lowest BCUT2D eigenvalue weighted by atomic mass is 10.1. The molecule has 0 spiro atoms. The summed E-state index contributed by atoms with van der Waals surface area (Å²) in [5.74, 6) is 0.377. The maximum atomic E-state index is 11.7. The highest BCUT2D eigenvalue weighted by atomic mass is 127. The predicted octanol–water partition coefficient (Wildman–Crippen LogP) is 3.14. The molecule has 0 fully saturated rings. The van der Waals surface area contributed by atoms with Gasteiger partial charge in [-0.2, -0.15) is 5.10 Å². The first-order chi connectivity index (χ1) is 11.0. The summed E-state index contributed by atoms with van der Waals surface area (Å²) in [5.41, 5.74) is 5.18. The van der Waals surface area contributed by atoms with Crippen molar-refractivity contribution in [2.45, 2.75) is 13.8 Å². The van der Waals surface area contributed by atoms with E-state index in [2.05, 4.69) is 33.1 Å². The molecule has 5 nitrogen and oxygen atoms in total. The number of nitrogens with zero attached hydrogens (tertiary/aromatic N) is 1. The van der Waals surface area contributed by atoms with Crippen LogP contribution in [0.1, 0.15) is 16.7 Å². The first-order valence-corrected chi connectivity index (χ1v) is 8.04. The van der Waals surface area contributed by atoms with Gasteiger partial charge in [0, 0.05) is 9.13 Å². The maximum absolute atomic E-state index is 11.7. The van der Waals surface area contributed by atoms with Crippen molar-refractivity contribution in [1.29, 1.82) is 0 Å². The monoisotopic (exact) mass is 424 g/mol. The van der Waals surface area contributed by atoms with Gasteiger partial charge in [-0.25, -0.2) is 5.43 Å². The highest BCUT2D eigenvalue weighted by molar-refractivity contribution is 14.1. The van der Waals surface area contributed by atoms with Gasteiger partial charge in [0.15, 0.2) is 6.61 Å². The molecule has 0 aliphatic heterocycles. The molecule has 0 atom stereocenters. The quantitative estimate of drug-likeness (QED) is 0.440. The molecule has 0 bridgehead atoms. The molecule has 23 heavy (non-hydrogen) atoms. The van der Waals surface area contributed by atoms with Crippen LogP contribution in [-0.2, 0) is 4.79 Å². The molecule has 1 amide bonds. The fourth-order valence-electron chi connectivity index (χ4n) is 1.79. The Morgan fingerprint density at radius 2 is 2.04 bits per heavy atom. The van der Waals surface area contributed by atoms with Gasteiger partial charge < -0.3 is 9.84 Å². The Morgan fingerprint density at radius 1 is 1.26 bits per heavy atom. The van der Waals surface area contributed by atoms with Crippen LogP contribution in [0.5, 0.6) is 11.5 Å². The van der Waals surface area contributed by atoms with Crippen molar-refractivity contribution < 1.29 is 14.6 Å². The van der Waals surface area contributed by atoms with Crippen LogP contribution < -0.4 is 10.2 Å². The molecule has 2 aromatic carbocycles. The minimum absolute atomic E-state index is 0.106. The molecule has 0 unspecified atom stereocenters. The van der Waals surface area contributed by atoms with E-state index in [0.717, 1.165) is 9.13 Å². The number of phenolic OH excluding ortho intramolecular Hbond substituents is 1. The Balaban J connectivity index is 1.86. The van der Waals surface area contributed by atoms with Crippen LogP contribution in [0.4, 0.5) is 0 Å². The summed E-state index contributed by atoms with van der Waals surface area (Å²) in [5, 5.41) is 13.5. The van der Waals surface area contributed by atoms with Crippen LogP contribution in [0.3, 0.4) is 0 Å². The van der Waals surface area contributed by atoms with Crippen LogP contribution in [0.2, 0.25) is 0 Å². The number of ether oxygens (including phenoxy) is 1. The Morgan fingerprint density at radius 3 is 2.78 bits per heavy atom. The number of halogens is 1. The van der Waals surface area contributed by atoms with E-state index in [9.17, 15) is 9.90 Å². The summed E-state index contributed by atoms with van der Waals surface area (Å²) >= 11 is 2.13. The second kappa shape index (κ2) is 7.96. The molecule has 0 aromatic heterocycles. The first kappa shape index (κ1) is 17.3. The zero-order chi connectivity index (χ0) is 16.8. The molecule has 6 heteroatoms. The summed E-state index contributed by atoms with van der Waals surface area (Å²) < 4.78 is 6.38. The van der Waals surface area contributed by atoms with E-state index in [1.165, 1.54) is 11.8 Å². The molecule has 0 radical (unpaired) electrons. The van der Waals surface area contributed by atoms with Crippen molar-refractivity contribution >= 4 is 34.7 Å². The van der Waals surface area contributed by atoms with E-state index in [1.807, 2.05) is 32.0 Å². The van der Waals surface area contributed by atoms with Crippen molar-refractivity contribution in [3.63, 3.8) is 0 Å². The van der Waals surface area contributed by atoms with Crippen LogP contribution in [0.25, 0.3) is 0 Å². The Kier molecular flexibility index (Phi) is 5.97. The summed E-state index contributed by atoms with van der Waals surface area (Å²) in [6.45, 7) is 3.87. The van der Waals surface area contributed by atoms with Crippen LogP contribution in [0.15, 0.2) is 41.5 Å². The lowest BCUT2D eigenvalue weighted by Gasteiger charge is -2.07. The number of hydrazone groups is 1. The van der Waals surface area contributed by atoms with E-state index in [1.54, 1.807) is 18.2 Å². The number of carbonyl (C=O) groups is 1. The number of carbonyl (C=O) groups excluding carboxylic acids is 1. The maximum Gasteiger partial charge on any atom is 0.277 e. The van der Waals surface area contributed by atoms with Gasteiger partial charge >= 0.3 is 0 Å². The van der Waals surface area contributed by atoms with Crippen LogP contribution >= 0.6 is 22.6 Å². The number of amides is 1. The number of hydrogen-bond acceptors (Lipinski definition) is 4. The fraction of sp³-hybridized carbons (Fsp3) is 0.176. The predicted molar refractivity (Wildman–Crippen MR) is 98.0 cm³/mol. The minimum atomic E-state index is -0.371. The van der Waals surface area contributed by atoms with Gasteiger partial charge in [-0.3, -0.25) is 4.79 Å². The first-order valence-electron chi connectivity index (χ1n) is 6.96. The number of benzene rings is 2. The third-order valence-electron chi connectivity index (χ3n) is 3.23. The van der Waals surface area contributed by atoms with Gasteiger partial charge in [0.2, 0.25) is 0 Å². The van der Waals surface area contributed by atoms with Crippen molar-refractivity contribution in [2.75, 3.05) is 6.61 Å². The van der Waals surface area contributed by atoms with E-state index < -0.39 is 0 Å². The second-order valence-corrected chi connectivity index (χ2v) is 6.28. The Bertz CT molecular complexity index is 745. The number of hydrogen-bond donors (Lipinski definition) is 2. The van der Waals surface area contributed by atoms with Crippen molar-refractivity contribution in [2.24, 2.45) is 5.10 Å². The molecule has 0 saturated carbocycles. The Hall–Kier alpha value is -2.09. The second-order valence-electron chi connectivity index (χ2n) is 5.03. The largest absolute Gasteiger partial charge is 0.507 e. The standard InChI is InChI=1S/C17H17IN2O3/c1-11-3-5-15(7-12(11)2)23-10-17(22)20-19-9-13-8-14(18)4-6-16(13)21/h3-9,21H,10H2,1-2H3,(H,20,22)/b19-9-. The summed E-state index contributed by atoms with van der Waals surface area (Å²) in [6, 6.07) is 10.8. The topological polar surface area (TPSA) is 70.9 Å². The van der Waals surface area contributed by atoms with Crippen LogP contribution in [-0.4, -0.2) is 23.8 Å². The van der Waals surface area contributed by atoms with Gasteiger partial charge in [-0.15, -0.1) is 0 Å². The molecule has 0 aliphatic carbocycles. The van der Waals surface area contributed by atoms with E-state index in [-0.39, 0.29) is 18.3 Å². The fourth-order valence-corrected chi connectivity index (χ4v) is 2.30. The Labute approximate surface area is 148 Å². The summed E-state index contributed by atoms with van der Waals surface area (Å²) in [4.78, 5) is 11.7. The molecular formula is C17H17IN2O3. The SMILES string of the molecule is Cc1ccc(OCC(=O)N/N=C\c2cc(I)ccc2O)cc1C. The molecule has 2 N–H and O–H groups in total. The molecule has 0 saturated heterocycles. The van der Waals surface area contributed by atoms with Gasteiger partial charge in [0.1, 0.15) is 11.5 Å². The highest BCUT2D eigenvalue weighted by Gasteiger charge is 2.03. The van der Waals surface area contributed by atoms with Crippen LogP contribution in [0, 0.1) is 17.4 Å². The third-order valence-corrected chi connectivity index (χ3v) is 3.90. The average molecular weight is 424 g/mol. The smallest absolute Gasteiger partial charge is 0.277 e. The van der Waals surface area contributed by atoms with Gasteiger partial charge in [0.25, 0.3) is 5.91 Å². The van der Waals surface area contributed by atoms with Crippen molar-refractivity contribution in [1.82, 2.24) is 5.43 Å². The van der Waals surface area contributed by atoms with Gasteiger partial charge in [-0.05, 0) is 77.9 Å². The highest BCUT2D eigenvalue weighted by Crippen LogP contribution is 2.18. The van der Waals surface area contributed by atoms with E-state index in [4.69, 9.17) is 4.74 Å². The number of aryl methyl sites for hydroxylation is 2. The minimum Gasteiger partial charge on any atom is -0.507 e. The zero-order valence-corrected chi connectivity index (χ0v) is 15.0. The number of aromatic hydroxyl groups is 1. The summed E-state index contributed by atoms with van der Waals surface area (Å²) in [7, 11) is 0. The molecule has 2 rings (SSSR count). The molecular weight excluding hydrogens is 407 g/mol. The van der Waals surface area contributed by atoms with Crippen molar-refractivity contribution in [3.05, 3.63) is 56.7 Å². The normalized spacial score (nSPS) is 10.7.